The molecule has 0 radical (unpaired) electrons. The molecule has 1 atom stereocenters. The van der Waals surface area contributed by atoms with E-state index in [1.165, 1.54) is 11.8 Å². The third kappa shape index (κ3) is 3.19. The molecule has 0 aliphatic heterocycles. The number of aromatic amines is 1. The maximum atomic E-state index is 5.75. The van der Waals surface area contributed by atoms with E-state index in [2.05, 4.69) is 39.2 Å². The summed E-state index contributed by atoms with van der Waals surface area (Å²) in [6, 6.07) is 9.73. The van der Waals surface area contributed by atoms with Crippen LogP contribution in [-0.2, 0) is 0 Å². The summed E-state index contributed by atoms with van der Waals surface area (Å²) in [4.78, 5) is 4.45. The summed E-state index contributed by atoms with van der Waals surface area (Å²) in [7, 11) is 0. The maximum absolute atomic E-state index is 5.75. The van der Waals surface area contributed by atoms with Crippen molar-refractivity contribution in [3.63, 3.8) is 0 Å². The average molecular weight is 315 g/mol. The third-order valence-corrected chi connectivity index (χ3v) is 4.07. The zero-order valence-electron chi connectivity index (χ0n) is 12.6. The average Bonchev–Trinajstić information content (AvgIpc) is 3.17. The molecule has 2 heterocycles. The van der Waals surface area contributed by atoms with E-state index in [1.807, 2.05) is 37.3 Å². The first-order valence-corrected chi connectivity index (χ1v) is 7.99. The first-order chi connectivity index (χ1) is 10.6. The van der Waals surface area contributed by atoms with Crippen LogP contribution in [0.5, 0.6) is 0 Å². The van der Waals surface area contributed by atoms with Crippen LogP contribution in [0, 0.1) is 0 Å². The molecule has 0 saturated carbocycles. The first-order valence-electron chi connectivity index (χ1n) is 7.11. The van der Waals surface area contributed by atoms with Gasteiger partial charge < -0.3 is 4.42 Å². The van der Waals surface area contributed by atoms with Crippen LogP contribution in [0.15, 0.2) is 39.9 Å². The van der Waals surface area contributed by atoms with E-state index in [-0.39, 0.29) is 5.25 Å². The Balaban J connectivity index is 1.72. The molecule has 0 aliphatic rings. The second-order valence-electron chi connectivity index (χ2n) is 5.23. The minimum atomic E-state index is -0.0132. The Bertz CT molecular complexity index is 737. The molecule has 0 amide bonds. The third-order valence-electron chi connectivity index (χ3n) is 3.12. The molecule has 0 bridgehead atoms. The smallest absolute Gasteiger partial charge is 0.247 e. The molecule has 3 rings (SSSR count). The molecule has 6 nitrogen and oxygen atoms in total. The lowest BCUT2D eigenvalue weighted by Gasteiger charge is -2.02. The standard InChI is InChI=1S/C15H17N5OS/c1-9(2)12-16-15(20-17-12)22-10(3)13-18-19-14(21-13)11-7-5-4-6-8-11/h4-10H,1-3H3,(H,16,17,20). The molecular formula is C15H17N5OS. The van der Waals surface area contributed by atoms with Crippen LogP contribution in [-0.4, -0.2) is 25.4 Å². The summed E-state index contributed by atoms with van der Waals surface area (Å²) in [5.74, 6) is 2.30. The van der Waals surface area contributed by atoms with E-state index in [0.29, 0.717) is 22.9 Å². The Morgan fingerprint density at radius 3 is 2.55 bits per heavy atom. The molecule has 0 saturated heterocycles. The summed E-state index contributed by atoms with van der Waals surface area (Å²) in [5, 5.41) is 16.1. The highest BCUT2D eigenvalue weighted by molar-refractivity contribution is 7.99. The van der Waals surface area contributed by atoms with Gasteiger partial charge in [-0.3, -0.25) is 5.10 Å². The molecule has 0 spiro atoms. The van der Waals surface area contributed by atoms with Crippen molar-refractivity contribution in [1.82, 2.24) is 25.4 Å². The number of rotatable bonds is 5. The monoisotopic (exact) mass is 315 g/mol. The van der Waals surface area contributed by atoms with Crippen LogP contribution in [0.3, 0.4) is 0 Å². The Kier molecular flexibility index (Phi) is 4.24. The summed E-state index contributed by atoms with van der Waals surface area (Å²) in [6.07, 6.45) is 0. The molecular weight excluding hydrogens is 298 g/mol. The molecule has 114 valence electrons. The number of nitrogens with one attached hydrogen (secondary N) is 1. The fraction of sp³-hybridized carbons (Fsp3) is 0.333. The van der Waals surface area contributed by atoms with E-state index < -0.39 is 0 Å². The van der Waals surface area contributed by atoms with Gasteiger partial charge in [-0.2, -0.15) is 0 Å². The lowest BCUT2D eigenvalue weighted by atomic mass is 10.2. The van der Waals surface area contributed by atoms with Gasteiger partial charge in [0.2, 0.25) is 16.9 Å². The lowest BCUT2D eigenvalue weighted by molar-refractivity contribution is 0.509. The van der Waals surface area contributed by atoms with Gasteiger partial charge in [0, 0.05) is 11.5 Å². The van der Waals surface area contributed by atoms with Crippen LogP contribution < -0.4 is 0 Å². The van der Waals surface area contributed by atoms with Crippen molar-refractivity contribution in [2.75, 3.05) is 0 Å². The molecule has 3 aromatic rings. The van der Waals surface area contributed by atoms with Gasteiger partial charge in [-0.15, -0.1) is 15.3 Å². The van der Waals surface area contributed by atoms with Gasteiger partial charge in [-0.05, 0) is 19.1 Å². The largest absolute Gasteiger partial charge is 0.419 e. The van der Waals surface area contributed by atoms with Gasteiger partial charge in [-0.25, -0.2) is 4.98 Å². The number of nitrogens with zero attached hydrogens (tertiary/aromatic N) is 4. The number of H-pyrrole nitrogens is 1. The van der Waals surface area contributed by atoms with Gasteiger partial charge in [0.05, 0.1) is 5.25 Å². The predicted molar refractivity (Wildman–Crippen MR) is 84.5 cm³/mol. The molecule has 1 aromatic carbocycles. The summed E-state index contributed by atoms with van der Waals surface area (Å²) < 4.78 is 5.75. The van der Waals surface area contributed by atoms with Crippen molar-refractivity contribution in [2.45, 2.75) is 37.1 Å². The minimum Gasteiger partial charge on any atom is -0.419 e. The minimum absolute atomic E-state index is 0.0132. The highest BCUT2D eigenvalue weighted by atomic mass is 32.2. The van der Waals surface area contributed by atoms with Crippen LogP contribution in [0.25, 0.3) is 11.5 Å². The Morgan fingerprint density at radius 1 is 1.09 bits per heavy atom. The lowest BCUT2D eigenvalue weighted by Crippen LogP contribution is -1.91. The molecule has 1 unspecified atom stereocenters. The highest BCUT2D eigenvalue weighted by Gasteiger charge is 2.18. The van der Waals surface area contributed by atoms with Crippen LogP contribution in [0.1, 0.15) is 43.7 Å². The number of hydrogen-bond acceptors (Lipinski definition) is 6. The zero-order chi connectivity index (χ0) is 15.5. The van der Waals surface area contributed by atoms with E-state index >= 15 is 0 Å². The molecule has 1 N–H and O–H groups in total. The SMILES string of the molecule is CC(C)c1nc(SC(C)c2nnc(-c3ccccc3)o2)n[nH]1. The van der Waals surface area contributed by atoms with Crippen molar-refractivity contribution in [2.24, 2.45) is 0 Å². The fourth-order valence-electron chi connectivity index (χ4n) is 1.87. The molecule has 22 heavy (non-hydrogen) atoms. The molecule has 2 aromatic heterocycles. The van der Waals surface area contributed by atoms with Gasteiger partial charge in [0.1, 0.15) is 5.82 Å². The summed E-state index contributed by atoms with van der Waals surface area (Å²) in [6.45, 7) is 6.14. The first kappa shape index (κ1) is 14.8. The molecule has 7 heteroatoms. The Labute approximate surface area is 132 Å². The van der Waals surface area contributed by atoms with E-state index in [1.54, 1.807) is 0 Å². The van der Waals surface area contributed by atoms with E-state index in [9.17, 15) is 0 Å². The van der Waals surface area contributed by atoms with Crippen LogP contribution in [0.2, 0.25) is 0 Å². The molecule has 0 fully saturated rings. The summed E-state index contributed by atoms with van der Waals surface area (Å²) in [5.41, 5.74) is 0.915. The normalized spacial score (nSPS) is 12.7. The van der Waals surface area contributed by atoms with Crippen molar-refractivity contribution in [3.8, 4) is 11.5 Å². The topological polar surface area (TPSA) is 80.5 Å². The second kappa shape index (κ2) is 6.31. The van der Waals surface area contributed by atoms with Crippen LogP contribution >= 0.6 is 11.8 Å². The number of benzene rings is 1. The quantitative estimate of drug-likeness (QED) is 0.721. The number of aromatic nitrogens is 5. The second-order valence-corrected chi connectivity index (χ2v) is 6.54. The van der Waals surface area contributed by atoms with Crippen molar-refractivity contribution in [3.05, 3.63) is 42.0 Å². The van der Waals surface area contributed by atoms with Crippen molar-refractivity contribution >= 4 is 11.8 Å². The van der Waals surface area contributed by atoms with Crippen LogP contribution in [0.4, 0.5) is 0 Å². The fourth-order valence-corrected chi connectivity index (χ4v) is 2.64. The predicted octanol–water partition coefficient (Wildman–Crippen LogP) is 3.83. The Hall–Kier alpha value is -2.15. The van der Waals surface area contributed by atoms with E-state index in [0.717, 1.165) is 11.4 Å². The van der Waals surface area contributed by atoms with Gasteiger partial charge >= 0.3 is 0 Å². The van der Waals surface area contributed by atoms with Crippen molar-refractivity contribution in [1.29, 1.82) is 0 Å². The number of thioether (sulfide) groups is 1. The summed E-state index contributed by atoms with van der Waals surface area (Å²) >= 11 is 1.49. The van der Waals surface area contributed by atoms with Crippen molar-refractivity contribution < 1.29 is 4.42 Å². The maximum Gasteiger partial charge on any atom is 0.247 e. The molecule has 0 aliphatic carbocycles. The zero-order valence-corrected chi connectivity index (χ0v) is 13.5. The van der Waals surface area contributed by atoms with E-state index in [4.69, 9.17) is 4.42 Å². The van der Waals surface area contributed by atoms with Gasteiger partial charge in [-0.1, -0.05) is 43.8 Å². The van der Waals surface area contributed by atoms with Gasteiger partial charge in [0.25, 0.3) is 0 Å². The van der Waals surface area contributed by atoms with Gasteiger partial charge in [0.15, 0.2) is 0 Å². The number of hydrogen-bond donors (Lipinski definition) is 1. The Morgan fingerprint density at radius 2 is 1.86 bits per heavy atom. The highest BCUT2D eigenvalue weighted by Crippen LogP contribution is 2.33.